The Morgan fingerprint density at radius 1 is 1.14 bits per heavy atom. The van der Waals surface area contributed by atoms with Crippen molar-refractivity contribution in [3.05, 3.63) is 54.2 Å². The Morgan fingerprint density at radius 3 is 2.57 bits per heavy atom. The summed E-state index contributed by atoms with van der Waals surface area (Å²) < 4.78 is 3.54. The van der Waals surface area contributed by atoms with Crippen LogP contribution in [0.4, 0.5) is 5.69 Å². The summed E-state index contributed by atoms with van der Waals surface area (Å²) in [5.74, 6) is 0.277. The van der Waals surface area contributed by atoms with Crippen molar-refractivity contribution < 1.29 is 4.79 Å². The molecule has 0 aliphatic carbocycles. The van der Waals surface area contributed by atoms with Gasteiger partial charge < -0.3 is 16.0 Å². The number of anilines is 1. The second kappa shape index (κ2) is 11.6. The minimum atomic E-state index is -0.0326. The number of carbonyl (C=O) groups is 1. The van der Waals surface area contributed by atoms with E-state index in [9.17, 15) is 4.79 Å². The van der Waals surface area contributed by atoms with Crippen LogP contribution in [0.1, 0.15) is 39.2 Å². The van der Waals surface area contributed by atoms with Gasteiger partial charge in [-0.2, -0.15) is 0 Å². The third-order valence-electron chi connectivity index (χ3n) is 5.88. The number of benzene rings is 2. The molecule has 0 unspecified atom stereocenters. The maximum absolute atomic E-state index is 12.6. The summed E-state index contributed by atoms with van der Waals surface area (Å²) in [6, 6.07) is 14.8. The Morgan fingerprint density at radius 2 is 1.89 bits per heavy atom. The highest BCUT2D eigenvalue weighted by Gasteiger charge is 2.21. The van der Waals surface area contributed by atoms with E-state index in [1.807, 2.05) is 13.2 Å². The van der Waals surface area contributed by atoms with Crippen molar-refractivity contribution in [1.82, 2.24) is 20.3 Å². The van der Waals surface area contributed by atoms with Crippen molar-refractivity contribution >= 4 is 34.9 Å². The highest BCUT2D eigenvalue weighted by Crippen LogP contribution is 2.38. The lowest BCUT2D eigenvalue weighted by Crippen LogP contribution is -2.37. The van der Waals surface area contributed by atoms with Crippen LogP contribution in [0.15, 0.2) is 53.6 Å². The molecule has 1 saturated heterocycles. The number of piperidine rings is 1. The van der Waals surface area contributed by atoms with Crippen LogP contribution in [0, 0.1) is 5.92 Å². The normalized spacial score (nSPS) is 14.6. The van der Waals surface area contributed by atoms with E-state index in [0.717, 1.165) is 63.1 Å². The van der Waals surface area contributed by atoms with Gasteiger partial charge in [-0.05, 0) is 94.5 Å². The summed E-state index contributed by atoms with van der Waals surface area (Å²) in [7, 11) is 1.92. The van der Waals surface area contributed by atoms with Crippen LogP contribution < -0.4 is 20.7 Å². The summed E-state index contributed by atoms with van der Waals surface area (Å²) in [6.45, 7) is 8.84. The lowest BCUT2D eigenvalue weighted by molar-refractivity contribution is -0.125. The van der Waals surface area contributed by atoms with Crippen LogP contribution in [0.25, 0.3) is 21.0 Å². The molecule has 6 nitrogen and oxygen atoms in total. The first-order valence-electron chi connectivity index (χ1n) is 12.1. The largest absolute Gasteiger partial charge is 0.388 e. The van der Waals surface area contributed by atoms with Crippen molar-refractivity contribution in [2.75, 3.05) is 25.5 Å². The fourth-order valence-corrected chi connectivity index (χ4v) is 5.84. The van der Waals surface area contributed by atoms with Crippen molar-refractivity contribution in [1.29, 1.82) is 0 Å². The molecular weight excluding hydrogens is 474 g/mol. The number of hydrogen-bond acceptors (Lipinski definition) is 7. The van der Waals surface area contributed by atoms with Crippen LogP contribution >= 0.6 is 23.3 Å². The first-order valence-corrected chi connectivity index (χ1v) is 13.8. The van der Waals surface area contributed by atoms with E-state index in [0.29, 0.717) is 6.54 Å². The Balaban J connectivity index is 1.53. The van der Waals surface area contributed by atoms with Crippen molar-refractivity contribution in [2.45, 2.75) is 50.6 Å². The number of rotatable bonds is 8. The summed E-state index contributed by atoms with van der Waals surface area (Å²) in [5.41, 5.74) is 4.41. The van der Waals surface area contributed by atoms with Gasteiger partial charge in [0, 0.05) is 53.0 Å². The minimum Gasteiger partial charge on any atom is -0.388 e. The molecule has 8 heteroatoms. The number of hydrogen-bond donors (Lipinski definition) is 4. The molecule has 1 aliphatic rings. The molecule has 1 amide bonds. The number of aromatic nitrogens is 1. The zero-order chi connectivity index (χ0) is 24.8. The van der Waals surface area contributed by atoms with E-state index in [1.165, 1.54) is 0 Å². The molecule has 4 rings (SSSR count). The van der Waals surface area contributed by atoms with Crippen molar-refractivity contribution in [2.24, 2.45) is 5.92 Å². The molecule has 186 valence electrons. The van der Waals surface area contributed by atoms with Gasteiger partial charge in [-0.25, -0.2) is 4.98 Å². The molecule has 1 fully saturated rings. The minimum absolute atomic E-state index is 0.0326. The predicted molar refractivity (Wildman–Crippen MR) is 149 cm³/mol. The fraction of sp³-hybridized carbons (Fsp3) is 0.407. The smallest absolute Gasteiger partial charge is 0.223 e. The number of carbonyl (C=O) groups excluding carboxylic acids is 1. The van der Waals surface area contributed by atoms with Gasteiger partial charge in [0.1, 0.15) is 5.01 Å². The van der Waals surface area contributed by atoms with Gasteiger partial charge in [-0.3, -0.25) is 9.52 Å². The number of nitrogens with one attached hydrogen (secondary N) is 4. The zero-order valence-corrected chi connectivity index (χ0v) is 22.5. The molecule has 0 spiro atoms. The van der Waals surface area contributed by atoms with Gasteiger partial charge in [-0.15, -0.1) is 11.3 Å². The van der Waals surface area contributed by atoms with Crippen molar-refractivity contribution in [3.63, 3.8) is 0 Å². The Hall–Kier alpha value is -2.39. The molecule has 4 N–H and O–H groups in total. The van der Waals surface area contributed by atoms with Crippen LogP contribution in [-0.2, 0) is 11.3 Å². The van der Waals surface area contributed by atoms with E-state index < -0.39 is 0 Å². The Bertz CT molecular complexity index is 1130. The summed E-state index contributed by atoms with van der Waals surface area (Å²) in [6.07, 6.45) is 3.78. The topological polar surface area (TPSA) is 78.1 Å². The second-order valence-electron chi connectivity index (χ2n) is 9.88. The zero-order valence-electron chi connectivity index (χ0n) is 20.9. The molecule has 0 saturated carbocycles. The molecule has 35 heavy (non-hydrogen) atoms. The van der Waals surface area contributed by atoms with Gasteiger partial charge in [0.25, 0.3) is 0 Å². The van der Waals surface area contributed by atoms with E-state index >= 15 is 0 Å². The lowest BCUT2D eigenvalue weighted by Gasteiger charge is -2.22. The average Bonchev–Trinajstić information content (AvgIpc) is 3.36. The quantitative estimate of drug-likeness (QED) is 0.299. The lowest BCUT2D eigenvalue weighted by atomic mass is 9.97. The van der Waals surface area contributed by atoms with Gasteiger partial charge in [0.2, 0.25) is 5.91 Å². The summed E-state index contributed by atoms with van der Waals surface area (Å²) >= 11 is 3.33. The molecule has 2 heterocycles. The third-order valence-corrected chi connectivity index (χ3v) is 8.23. The molecule has 0 bridgehead atoms. The second-order valence-corrected chi connectivity index (χ2v) is 11.8. The average molecular weight is 510 g/mol. The van der Waals surface area contributed by atoms with Gasteiger partial charge in [0.15, 0.2) is 0 Å². The molecule has 0 atom stereocenters. The molecular formula is C27H35N5OS2. The Labute approximate surface area is 216 Å². The summed E-state index contributed by atoms with van der Waals surface area (Å²) in [4.78, 5) is 19.6. The molecule has 3 aromatic rings. The van der Waals surface area contributed by atoms with Crippen LogP contribution in [0.3, 0.4) is 0 Å². The van der Waals surface area contributed by atoms with E-state index in [1.54, 1.807) is 23.3 Å². The third kappa shape index (κ3) is 7.07. The number of amides is 1. The molecule has 2 aromatic carbocycles. The maximum Gasteiger partial charge on any atom is 0.223 e. The summed E-state index contributed by atoms with van der Waals surface area (Å²) in [5, 5.41) is 10.6. The molecule has 1 aliphatic heterocycles. The van der Waals surface area contributed by atoms with Gasteiger partial charge in [-0.1, -0.05) is 12.1 Å². The Kier molecular flexibility index (Phi) is 8.49. The van der Waals surface area contributed by atoms with Crippen molar-refractivity contribution in [3.8, 4) is 21.0 Å². The fourth-order valence-electron chi connectivity index (χ4n) is 3.90. The highest BCUT2D eigenvalue weighted by molar-refractivity contribution is 7.97. The first-order chi connectivity index (χ1) is 16.8. The predicted octanol–water partition coefficient (Wildman–Crippen LogP) is 5.53. The number of thiazole rings is 1. The standard InChI is InChI=1S/C27H35N5OS2/c1-27(2,3)32-35-23-15-18(16-30-25(33)19-11-13-29-14-12-19)5-10-22(23)24-17-31-26(34-24)20-6-8-21(28-4)9-7-20/h5-10,15,17,19,28-29,32H,11-14,16H2,1-4H3,(H,30,33). The molecule has 1 aromatic heterocycles. The first kappa shape index (κ1) is 25.7. The maximum atomic E-state index is 12.6. The van der Waals surface area contributed by atoms with E-state index in [-0.39, 0.29) is 17.4 Å². The SMILES string of the molecule is CNc1ccc(-c2ncc(-c3ccc(CNC(=O)C4CCNCC4)cc3SNC(C)(C)C)s2)cc1. The highest BCUT2D eigenvalue weighted by atomic mass is 32.2. The van der Waals surface area contributed by atoms with Crippen LogP contribution in [-0.4, -0.2) is 36.6 Å². The monoisotopic (exact) mass is 509 g/mol. The van der Waals surface area contributed by atoms with Gasteiger partial charge >= 0.3 is 0 Å². The van der Waals surface area contributed by atoms with Crippen LogP contribution in [0.2, 0.25) is 0 Å². The van der Waals surface area contributed by atoms with E-state index in [2.05, 4.69) is 83.9 Å². The number of nitrogens with zero attached hydrogens (tertiary/aromatic N) is 1. The van der Waals surface area contributed by atoms with Gasteiger partial charge in [0.05, 0.1) is 4.88 Å². The molecule has 0 radical (unpaired) electrons. The van der Waals surface area contributed by atoms with Crippen LogP contribution in [0.5, 0.6) is 0 Å². The van der Waals surface area contributed by atoms with E-state index in [4.69, 9.17) is 4.98 Å².